The highest BCUT2D eigenvalue weighted by Crippen LogP contribution is 2.39. The second-order valence-corrected chi connectivity index (χ2v) is 6.56. The molecule has 7 nitrogen and oxygen atoms in total. The van der Waals surface area contributed by atoms with Gasteiger partial charge in [0.25, 0.3) is 0 Å². The molecule has 25 heavy (non-hydrogen) atoms. The second kappa shape index (κ2) is 5.94. The topological polar surface area (TPSA) is 71.2 Å². The maximum atomic E-state index is 12.5. The van der Waals surface area contributed by atoms with E-state index in [9.17, 15) is 13.2 Å². The van der Waals surface area contributed by atoms with Gasteiger partial charge in [-0.2, -0.15) is 18.3 Å². The Morgan fingerprint density at radius 2 is 1.92 bits per heavy atom. The number of hydrogen-bond acceptors (Lipinski definition) is 7. The number of likely N-dealkylation sites (N-methyl/N-ethyl adjacent to an activating group) is 1. The third-order valence-corrected chi connectivity index (χ3v) is 4.57. The van der Waals surface area contributed by atoms with Crippen molar-refractivity contribution >= 4 is 5.82 Å². The first-order valence-corrected chi connectivity index (χ1v) is 8.08. The summed E-state index contributed by atoms with van der Waals surface area (Å²) in [6.45, 7) is 1.64. The van der Waals surface area contributed by atoms with Crippen LogP contribution in [0.2, 0.25) is 0 Å². The van der Waals surface area contributed by atoms with Crippen molar-refractivity contribution in [2.45, 2.75) is 37.5 Å². The van der Waals surface area contributed by atoms with E-state index in [-0.39, 0.29) is 18.5 Å². The number of anilines is 1. The summed E-state index contributed by atoms with van der Waals surface area (Å²) in [6, 6.07) is 4.18. The van der Waals surface area contributed by atoms with Crippen molar-refractivity contribution < 1.29 is 17.6 Å². The molecule has 0 bridgehead atoms. The maximum Gasteiger partial charge on any atom is 0.470 e. The fourth-order valence-electron chi connectivity index (χ4n) is 2.80. The summed E-state index contributed by atoms with van der Waals surface area (Å²) in [5.41, 5.74) is 1.05. The summed E-state index contributed by atoms with van der Waals surface area (Å²) < 4.78 is 42.1. The van der Waals surface area contributed by atoms with Gasteiger partial charge in [0.05, 0.1) is 12.2 Å². The lowest BCUT2D eigenvalue weighted by molar-refractivity contribution is -0.157. The van der Waals surface area contributed by atoms with Crippen LogP contribution < -0.4 is 4.90 Å². The molecule has 0 radical (unpaired) electrons. The highest BCUT2D eigenvalue weighted by Gasteiger charge is 2.38. The van der Waals surface area contributed by atoms with Crippen molar-refractivity contribution in [2.75, 3.05) is 25.0 Å². The molecule has 2 aromatic rings. The number of aromatic nitrogens is 4. The molecule has 1 aliphatic heterocycles. The number of nitrogens with zero attached hydrogens (tertiary/aromatic N) is 6. The number of rotatable bonds is 5. The van der Waals surface area contributed by atoms with E-state index in [0.29, 0.717) is 5.92 Å². The monoisotopic (exact) mass is 354 g/mol. The van der Waals surface area contributed by atoms with Gasteiger partial charge in [-0.25, -0.2) is 0 Å². The van der Waals surface area contributed by atoms with Crippen molar-refractivity contribution in [3.8, 4) is 0 Å². The van der Waals surface area contributed by atoms with Crippen LogP contribution in [0.4, 0.5) is 19.0 Å². The molecule has 134 valence electrons. The Balaban J connectivity index is 1.30. The third-order valence-electron chi connectivity index (χ3n) is 4.57. The highest BCUT2D eigenvalue weighted by molar-refractivity contribution is 5.42. The number of halogens is 3. The molecular formula is C15H17F3N6O. The standard InChI is InChI=1S/C15H17F3N6O/c1-23(8-13-21-22-14(25-13)15(16,17)18)10-6-24(7-10)12-5-4-11(19-20-12)9-2-3-9/h4-5,9-10H,2-3,6-8H2,1H3. The summed E-state index contributed by atoms with van der Waals surface area (Å²) in [5, 5.41) is 15.0. The summed E-state index contributed by atoms with van der Waals surface area (Å²) in [6.07, 6.45) is -2.23. The first kappa shape index (κ1) is 16.2. The molecule has 0 spiro atoms. The van der Waals surface area contributed by atoms with Crippen LogP contribution in [0, 0.1) is 0 Å². The van der Waals surface area contributed by atoms with Crippen LogP contribution in [0.25, 0.3) is 0 Å². The average molecular weight is 354 g/mol. The molecule has 2 aromatic heterocycles. The normalized spacial score (nSPS) is 18.7. The van der Waals surface area contributed by atoms with Crippen LogP contribution in [0.3, 0.4) is 0 Å². The molecule has 0 amide bonds. The van der Waals surface area contributed by atoms with E-state index in [0.717, 1.165) is 24.6 Å². The maximum absolute atomic E-state index is 12.5. The lowest BCUT2D eigenvalue weighted by Gasteiger charge is -2.44. The molecule has 0 unspecified atom stereocenters. The van der Waals surface area contributed by atoms with Gasteiger partial charge in [0.15, 0.2) is 5.82 Å². The van der Waals surface area contributed by atoms with Crippen molar-refractivity contribution in [3.63, 3.8) is 0 Å². The van der Waals surface area contributed by atoms with Crippen molar-refractivity contribution in [1.29, 1.82) is 0 Å². The van der Waals surface area contributed by atoms with Crippen molar-refractivity contribution in [3.05, 3.63) is 29.6 Å². The molecule has 0 atom stereocenters. The zero-order chi connectivity index (χ0) is 17.6. The molecule has 10 heteroatoms. The average Bonchev–Trinajstić information content (AvgIpc) is 3.25. The van der Waals surface area contributed by atoms with Gasteiger partial charge >= 0.3 is 12.1 Å². The first-order valence-electron chi connectivity index (χ1n) is 8.08. The lowest BCUT2D eigenvalue weighted by Crippen LogP contribution is -2.58. The van der Waals surface area contributed by atoms with Crippen molar-refractivity contribution in [2.24, 2.45) is 0 Å². The van der Waals surface area contributed by atoms with Gasteiger partial charge in [0, 0.05) is 25.0 Å². The van der Waals surface area contributed by atoms with E-state index < -0.39 is 12.1 Å². The fraction of sp³-hybridized carbons (Fsp3) is 0.600. The number of alkyl halides is 3. The molecule has 2 aliphatic rings. The molecule has 0 N–H and O–H groups in total. The van der Waals surface area contributed by atoms with Crippen LogP contribution in [-0.4, -0.2) is 51.5 Å². The minimum absolute atomic E-state index is 0.0400. The van der Waals surface area contributed by atoms with Gasteiger partial charge in [-0.3, -0.25) is 4.90 Å². The van der Waals surface area contributed by atoms with Crippen LogP contribution in [0.5, 0.6) is 0 Å². The van der Waals surface area contributed by atoms with Crippen LogP contribution in [0.15, 0.2) is 16.5 Å². The van der Waals surface area contributed by atoms with Crippen LogP contribution in [0.1, 0.15) is 36.2 Å². The molecule has 0 aromatic carbocycles. The Morgan fingerprint density at radius 3 is 2.48 bits per heavy atom. The van der Waals surface area contributed by atoms with Gasteiger partial charge in [0.1, 0.15) is 0 Å². The quantitative estimate of drug-likeness (QED) is 0.814. The zero-order valence-corrected chi connectivity index (χ0v) is 13.6. The van der Waals surface area contributed by atoms with Crippen molar-refractivity contribution in [1.82, 2.24) is 25.3 Å². The molecule has 1 saturated heterocycles. The van der Waals surface area contributed by atoms with E-state index in [1.807, 2.05) is 24.1 Å². The van der Waals surface area contributed by atoms with E-state index >= 15 is 0 Å². The van der Waals surface area contributed by atoms with Crippen LogP contribution in [-0.2, 0) is 12.7 Å². The van der Waals surface area contributed by atoms with E-state index in [4.69, 9.17) is 0 Å². The summed E-state index contributed by atoms with van der Waals surface area (Å²) in [7, 11) is 1.82. The fourth-order valence-corrected chi connectivity index (χ4v) is 2.80. The van der Waals surface area contributed by atoms with E-state index in [1.54, 1.807) is 0 Å². The van der Waals surface area contributed by atoms with E-state index in [2.05, 4.69) is 29.7 Å². The summed E-state index contributed by atoms with van der Waals surface area (Å²) in [5.74, 6) is 0.0537. The number of hydrogen-bond donors (Lipinski definition) is 0. The van der Waals surface area contributed by atoms with E-state index in [1.165, 1.54) is 12.8 Å². The summed E-state index contributed by atoms with van der Waals surface area (Å²) in [4.78, 5) is 3.98. The first-order chi connectivity index (χ1) is 11.9. The second-order valence-electron chi connectivity index (χ2n) is 6.56. The molecule has 4 rings (SSSR count). The van der Waals surface area contributed by atoms with Crippen LogP contribution >= 0.6 is 0 Å². The zero-order valence-electron chi connectivity index (χ0n) is 13.6. The smallest absolute Gasteiger partial charge is 0.416 e. The SMILES string of the molecule is CN(Cc1nnc(C(F)(F)F)o1)C1CN(c2ccc(C3CC3)nn2)C1. The minimum atomic E-state index is -4.61. The molecule has 1 saturated carbocycles. The Kier molecular flexibility index (Phi) is 3.86. The lowest BCUT2D eigenvalue weighted by atomic mass is 10.1. The molecule has 2 fully saturated rings. The van der Waals surface area contributed by atoms with Gasteiger partial charge in [-0.15, -0.1) is 15.3 Å². The minimum Gasteiger partial charge on any atom is -0.416 e. The Bertz CT molecular complexity index is 736. The molecule has 1 aliphatic carbocycles. The Hall–Kier alpha value is -2.23. The Morgan fingerprint density at radius 1 is 1.16 bits per heavy atom. The Labute approximate surface area is 141 Å². The summed E-state index contributed by atoms with van der Waals surface area (Å²) >= 11 is 0. The van der Waals surface area contributed by atoms with Gasteiger partial charge in [-0.05, 0) is 32.0 Å². The largest absolute Gasteiger partial charge is 0.470 e. The van der Waals surface area contributed by atoms with Gasteiger partial charge < -0.3 is 9.32 Å². The predicted molar refractivity (Wildman–Crippen MR) is 80.8 cm³/mol. The third kappa shape index (κ3) is 3.44. The van der Waals surface area contributed by atoms with Gasteiger partial charge in [0.2, 0.25) is 5.89 Å². The molecular weight excluding hydrogens is 337 g/mol. The predicted octanol–water partition coefficient (Wildman–Crippen LogP) is 2.08. The molecule has 3 heterocycles. The van der Waals surface area contributed by atoms with Gasteiger partial charge in [-0.1, -0.05) is 0 Å². The highest BCUT2D eigenvalue weighted by atomic mass is 19.4.